The van der Waals surface area contributed by atoms with Crippen LogP contribution in [0.4, 0.5) is 5.69 Å². The molecule has 0 saturated heterocycles. The zero-order chi connectivity index (χ0) is 23.7. The van der Waals surface area contributed by atoms with Crippen LogP contribution in [0.15, 0.2) is 18.2 Å². The van der Waals surface area contributed by atoms with E-state index in [2.05, 4.69) is 61.0 Å². The highest BCUT2D eigenvalue weighted by Gasteiger charge is 2.39. The van der Waals surface area contributed by atoms with Gasteiger partial charge >= 0.3 is 0 Å². The predicted molar refractivity (Wildman–Crippen MR) is 133 cm³/mol. The van der Waals surface area contributed by atoms with Gasteiger partial charge in [0.15, 0.2) is 5.82 Å². The number of aryl methyl sites for hydroxylation is 2. The zero-order valence-electron chi connectivity index (χ0n) is 21.2. The topological polar surface area (TPSA) is 71.8 Å². The Bertz CT molecular complexity index is 969. The van der Waals surface area contributed by atoms with E-state index in [9.17, 15) is 4.79 Å². The van der Waals surface area contributed by atoms with Crippen molar-refractivity contribution in [3.8, 4) is 0 Å². The van der Waals surface area contributed by atoms with Gasteiger partial charge in [-0.3, -0.25) is 4.79 Å². The Labute approximate surface area is 198 Å². The van der Waals surface area contributed by atoms with Gasteiger partial charge in [0.2, 0.25) is 5.91 Å². The molecule has 2 N–H and O–H groups in total. The van der Waals surface area contributed by atoms with Gasteiger partial charge in [-0.05, 0) is 69.4 Å². The molecule has 6 nitrogen and oxygen atoms in total. The molecule has 0 spiro atoms. The van der Waals surface area contributed by atoms with E-state index >= 15 is 0 Å². The number of hydrogen-bond donors (Lipinski definition) is 2. The first-order valence-corrected chi connectivity index (χ1v) is 12.8. The van der Waals surface area contributed by atoms with Crippen LogP contribution in [0.3, 0.4) is 0 Å². The summed E-state index contributed by atoms with van der Waals surface area (Å²) in [5.41, 5.74) is 3.16. The highest BCUT2D eigenvalue weighted by Crippen LogP contribution is 2.47. The van der Waals surface area contributed by atoms with Crippen LogP contribution in [-0.4, -0.2) is 26.7 Å². The third kappa shape index (κ3) is 5.84. The Morgan fingerprint density at radius 3 is 2.45 bits per heavy atom. The SMILES string of the molecule is Cc1ccc(NC(=O)C[C@H](NC(C)C)c2nnc(C3CC(CC(C)C)C3)n2C2CC2)c(C)c1. The highest BCUT2D eigenvalue weighted by molar-refractivity contribution is 5.91. The molecule has 2 aliphatic carbocycles. The quantitative estimate of drug-likeness (QED) is 0.476. The van der Waals surface area contributed by atoms with E-state index in [1.165, 1.54) is 37.7 Å². The fraction of sp³-hybridized carbons (Fsp3) is 0.667. The van der Waals surface area contributed by atoms with Crippen molar-refractivity contribution < 1.29 is 4.79 Å². The molecule has 2 fully saturated rings. The molecule has 1 amide bonds. The third-order valence-corrected chi connectivity index (χ3v) is 6.96. The lowest BCUT2D eigenvalue weighted by Gasteiger charge is -2.36. The Kier molecular flexibility index (Phi) is 7.22. The number of aromatic nitrogens is 3. The molecular weight excluding hydrogens is 410 g/mol. The molecule has 1 aromatic carbocycles. The second kappa shape index (κ2) is 9.96. The summed E-state index contributed by atoms with van der Waals surface area (Å²) in [6.45, 7) is 13.0. The Morgan fingerprint density at radius 2 is 1.85 bits per heavy atom. The van der Waals surface area contributed by atoms with Crippen LogP contribution in [0.2, 0.25) is 0 Å². The van der Waals surface area contributed by atoms with Crippen LogP contribution >= 0.6 is 0 Å². The van der Waals surface area contributed by atoms with Gasteiger partial charge in [-0.25, -0.2) is 0 Å². The molecule has 2 saturated carbocycles. The van der Waals surface area contributed by atoms with Crippen molar-refractivity contribution in [1.82, 2.24) is 20.1 Å². The molecule has 0 radical (unpaired) electrons. The first-order chi connectivity index (χ1) is 15.7. The highest BCUT2D eigenvalue weighted by atomic mass is 16.1. The summed E-state index contributed by atoms with van der Waals surface area (Å²) in [5, 5.41) is 16.1. The van der Waals surface area contributed by atoms with Gasteiger partial charge in [0.25, 0.3) is 0 Å². The monoisotopic (exact) mass is 451 g/mol. The maximum absolute atomic E-state index is 13.1. The zero-order valence-corrected chi connectivity index (χ0v) is 21.2. The number of carbonyl (C=O) groups is 1. The largest absolute Gasteiger partial charge is 0.326 e. The van der Waals surface area contributed by atoms with Crippen molar-refractivity contribution in [3.63, 3.8) is 0 Å². The van der Waals surface area contributed by atoms with Gasteiger partial charge in [0.1, 0.15) is 5.82 Å². The van der Waals surface area contributed by atoms with Crippen molar-refractivity contribution in [2.24, 2.45) is 11.8 Å². The number of hydrogen-bond acceptors (Lipinski definition) is 4. The van der Waals surface area contributed by atoms with E-state index in [-0.39, 0.29) is 18.0 Å². The van der Waals surface area contributed by atoms with E-state index in [0.29, 0.717) is 18.4 Å². The Balaban J connectivity index is 1.51. The summed E-state index contributed by atoms with van der Waals surface area (Å²) < 4.78 is 2.39. The van der Waals surface area contributed by atoms with Gasteiger partial charge in [-0.15, -0.1) is 10.2 Å². The fourth-order valence-corrected chi connectivity index (χ4v) is 5.31. The summed E-state index contributed by atoms with van der Waals surface area (Å²) >= 11 is 0. The minimum Gasteiger partial charge on any atom is -0.326 e. The molecule has 180 valence electrons. The van der Waals surface area contributed by atoms with E-state index in [4.69, 9.17) is 5.10 Å². The van der Waals surface area contributed by atoms with Gasteiger partial charge in [0.05, 0.1) is 6.04 Å². The van der Waals surface area contributed by atoms with E-state index < -0.39 is 0 Å². The van der Waals surface area contributed by atoms with Crippen LogP contribution in [0.25, 0.3) is 0 Å². The van der Waals surface area contributed by atoms with Crippen molar-refractivity contribution >= 4 is 11.6 Å². The van der Waals surface area contributed by atoms with E-state index in [1.54, 1.807) is 0 Å². The van der Waals surface area contributed by atoms with Crippen molar-refractivity contribution in [2.75, 3.05) is 5.32 Å². The van der Waals surface area contributed by atoms with Crippen molar-refractivity contribution in [2.45, 2.75) is 104 Å². The van der Waals surface area contributed by atoms with Crippen molar-refractivity contribution in [1.29, 1.82) is 0 Å². The number of carbonyl (C=O) groups excluding carboxylic acids is 1. The smallest absolute Gasteiger partial charge is 0.226 e. The first kappa shape index (κ1) is 23.9. The van der Waals surface area contributed by atoms with E-state index in [0.717, 1.165) is 34.7 Å². The summed E-state index contributed by atoms with van der Waals surface area (Å²) in [6.07, 6.45) is 6.46. The lowest BCUT2D eigenvalue weighted by atomic mass is 9.71. The average Bonchev–Trinajstić information content (AvgIpc) is 3.44. The normalized spacial score (nSPS) is 21.3. The molecule has 33 heavy (non-hydrogen) atoms. The molecule has 0 unspecified atom stereocenters. The standard InChI is InChI=1S/C27H41N5O/c1-16(2)11-20-13-21(14-20)26-30-31-27(32(26)22-8-9-22)24(28-17(3)4)15-25(33)29-23-10-7-18(5)12-19(23)6/h7,10,12,16-17,20-22,24,28H,8-9,11,13-15H2,1-6H3,(H,29,33)/t20?,21?,24-/m0/s1. The molecule has 1 aromatic heterocycles. The second-order valence-electron chi connectivity index (χ2n) is 11.1. The second-order valence-corrected chi connectivity index (χ2v) is 11.1. The molecule has 0 aliphatic heterocycles. The number of nitrogens with one attached hydrogen (secondary N) is 2. The molecule has 2 aliphatic rings. The summed E-state index contributed by atoms with van der Waals surface area (Å²) in [4.78, 5) is 13.1. The molecule has 4 rings (SSSR count). The molecule has 6 heteroatoms. The molecule has 0 bridgehead atoms. The first-order valence-electron chi connectivity index (χ1n) is 12.8. The predicted octanol–water partition coefficient (Wildman–Crippen LogP) is 5.84. The Hall–Kier alpha value is -2.21. The Morgan fingerprint density at radius 1 is 1.12 bits per heavy atom. The van der Waals surface area contributed by atoms with Gasteiger partial charge in [-0.1, -0.05) is 45.4 Å². The lowest BCUT2D eigenvalue weighted by Crippen LogP contribution is -2.34. The van der Waals surface area contributed by atoms with Gasteiger partial charge in [0, 0.05) is 30.1 Å². The van der Waals surface area contributed by atoms with Crippen LogP contribution < -0.4 is 10.6 Å². The molecule has 1 heterocycles. The minimum absolute atomic E-state index is 0.00708. The molecular formula is C27H41N5O. The number of amides is 1. The summed E-state index contributed by atoms with van der Waals surface area (Å²) in [7, 11) is 0. The van der Waals surface area contributed by atoms with Gasteiger partial charge in [-0.2, -0.15) is 0 Å². The van der Waals surface area contributed by atoms with Gasteiger partial charge < -0.3 is 15.2 Å². The summed E-state index contributed by atoms with van der Waals surface area (Å²) in [5.74, 6) is 4.17. The fourth-order valence-electron chi connectivity index (χ4n) is 5.31. The summed E-state index contributed by atoms with van der Waals surface area (Å²) in [6, 6.07) is 6.71. The van der Waals surface area contributed by atoms with E-state index in [1.807, 2.05) is 19.1 Å². The lowest BCUT2D eigenvalue weighted by molar-refractivity contribution is -0.116. The maximum Gasteiger partial charge on any atom is 0.226 e. The molecule has 1 atom stereocenters. The van der Waals surface area contributed by atoms with Crippen LogP contribution in [-0.2, 0) is 4.79 Å². The molecule has 2 aromatic rings. The third-order valence-electron chi connectivity index (χ3n) is 6.96. The number of rotatable bonds is 10. The maximum atomic E-state index is 13.1. The number of anilines is 1. The van der Waals surface area contributed by atoms with Crippen LogP contribution in [0.5, 0.6) is 0 Å². The minimum atomic E-state index is -0.149. The van der Waals surface area contributed by atoms with Crippen LogP contribution in [0.1, 0.15) is 107 Å². The number of benzene rings is 1. The number of nitrogens with zero attached hydrogens (tertiary/aromatic N) is 3. The average molecular weight is 452 g/mol. The van der Waals surface area contributed by atoms with Crippen LogP contribution in [0, 0.1) is 25.7 Å². The van der Waals surface area contributed by atoms with Crippen molar-refractivity contribution in [3.05, 3.63) is 41.0 Å².